The molecule has 0 saturated carbocycles. The summed E-state index contributed by atoms with van der Waals surface area (Å²) >= 11 is 24.8. The van der Waals surface area contributed by atoms with Crippen LogP contribution in [0.4, 0.5) is 0 Å². The summed E-state index contributed by atoms with van der Waals surface area (Å²) in [7, 11) is -4.10. The van der Waals surface area contributed by atoms with Crippen molar-refractivity contribution in [3.05, 3.63) is 91.9 Å². The Labute approximate surface area is 224 Å². The number of ether oxygens (including phenoxy) is 1. The highest BCUT2D eigenvalue weighted by Crippen LogP contribution is 2.34. The third-order valence-corrected chi connectivity index (χ3v) is 8.14. The van der Waals surface area contributed by atoms with Crippen molar-refractivity contribution in [1.82, 2.24) is 10.1 Å². The first-order valence-electron chi connectivity index (χ1n) is 10.6. The molecule has 1 aliphatic rings. The molecule has 11 heteroatoms. The summed E-state index contributed by atoms with van der Waals surface area (Å²) < 4.78 is 34.9. The predicted molar refractivity (Wildman–Crippen MR) is 142 cm³/mol. The molecule has 0 bridgehead atoms. The average molecular weight is 573 g/mol. The van der Waals surface area contributed by atoms with Crippen LogP contribution >= 0.6 is 46.4 Å². The second-order valence-electron chi connectivity index (χ2n) is 7.79. The first kappa shape index (κ1) is 26.1. The molecular formula is C24H21Cl4N3O3S. The molecule has 6 nitrogen and oxygen atoms in total. The Kier molecular flexibility index (Phi) is 8.16. The summed E-state index contributed by atoms with van der Waals surface area (Å²) in [4.78, 5) is -0.142. The molecular weight excluding hydrogens is 552 g/mol. The summed E-state index contributed by atoms with van der Waals surface area (Å²) in [5.41, 5.74) is 5.13. The van der Waals surface area contributed by atoms with Crippen LogP contribution in [0.1, 0.15) is 36.6 Å². The maximum absolute atomic E-state index is 13.4. The largest absolute Gasteiger partial charge is 0.494 e. The molecule has 0 aliphatic carbocycles. The highest BCUT2D eigenvalue weighted by atomic mass is 35.5. The quantitative estimate of drug-likeness (QED) is 0.311. The standard InChI is InChI=1S/C24H21Cl4N3O3S/c1-2-34-17-7-3-14(4-8-17)21-13-22(30-29-21)24(18-9-5-15(25)11-20(18)28)31-35(32,33)23-12-16(26)6-10-19(23)27/h3-12,21,24,29,31H,2,13H2,1H3. The van der Waals surface area contributed by atoms with Crippen LogP contribution in [0.15, 0.2) is 70.7 Å². The van der Waals surface area contributed by atoms with Crippen LogP contribution in [0.25, 0.3) is 0 Å². The molecule has 1 aliphatic heterocycles. The van der Waals surface area contributed by atoms with E-state index >= 15 is 0 Å². The molecule has 1 heterocycles. The molecule has 0 saturated heterocycles. The fourth-order valence-corrected chi connectivity index (χ4v) is 6.23. The van der Waals surface area contributed by atoms with Gasteiger partial charge in [0.1, 0.15) is 10.6 Å². The lowest BCUT2D eigenvalue weighted by Crippen LogP contribution is -2.34. The second kappa shape index (κ2) is 10.9. The molecule has 2 N–H and O–H groups in total. The van der Waals surface area contributed by atoms with Gasteiger partial charge >= 0.3 is 0 Å². The Morgan fingerprint density at radius 2 is 1.69 bits per heavy atom. The Morgan fingerprint density at radius 3 is 2.37 bits per heavy atom. The van der Waals surface area contributed by atoms with Crippen molar-refractivity contribution in [3.8, 4) is 5.75 Å². The van der Waals surface area contributed by atoms with E-state index in [-0.39, 0.29) is 21.0 Å². The first-order chi connectivity index (χ1) is 16.7. The highest BCUT2D eigenvalue weighted by Gasteiger charge is 2.33. The van der Waals surface area contributed by atoms with Gasteiger partial charge < -0.3 is 10.2 Å². The van der Waals surface area contributed by atoms with Crippen LogP contribution in [0.3, 0.4) is 0 Å². The first-order valence-corrected chi connectivity index (χ1v) is 13.6. The fourth-order valence-electron chi connectivity index (χ4n) is 3.75. The zero-order valence-electron chi connectivity index (χ0n) is 18.4. The van der Waals surface area contributed by atoms with Crippen LogP contribution < -0.4 is 14.9 Å². The van der Waals surface area contributed by atoms with E-state index in [1.165, 1.54) is 18.2 Å². The summed E-state index contributed by atoms with van der Waals surface area (Å²) in [6.07, 6.45) is 0.434. The van der Waals surface area contributed by atoms with E-state index in [0.29, 0.717) is 34.3 Å². The summed E-state index contributed by atoms with van der Waals surface area (Å²) in [5.74, 6) is 0.771. The lowest BCUT2D eigenvalue weighted by molar-refractivity contribution is 0.340. The van der Waals surface area contributed by atoms with Gasteiger partial charge in [0.2, 0.25) is 10.0 Å². The zero-order chi connectivity index (χ0) is 25.2. The van der Waals surface area contributed by atoms with Gasteiger partial charge in [0.05, 0.1) is 29.4 Å². The molecule has 3 aromatic carbocycles. The van der Waals surface area contributed by atoms with E-state index in [4.69, 9.17) is 51.1 Å². The van der Waals surface area contributed by atoms with Crippen molar-refractivity contribution in [1.29, 1.82) is 0 Å². The average Bonchev–Trinajstić information content (AvgIpc) is 3.30. The second-order valence-corrected chi connectivity index (χ2v) is 11.2. The van der Waals surface area contributed by atoms with Crippen molar-refractivity contribution in [2.45, 2.75) is 30.3 Å². The Bertz CT molecular complexity index is 1360. The lowest BCUT2D eigenvalue weighted by Gasteiger charge is -2.21. The number of sulfonamides is 1. The van der Waals surface area contributed by atoms with Gasteiger partial charge in [-0.25, -0.2) is 8.42 Å². The monoisotopic (exact) mass is 571 g/mol. The maximum Gasteiger partial charge on any atom is 0.243 e. The van der Waals surface area contributed by atoms with Gasteiger partial charge in [-0.3, -0.25) is 0 Å². The lowest BCUT2D eigenvalue weighted by atomic mass is 9.96. The zero-order valence-corrected chi connectivity index (χ0v) is 22.3. The van der Waals surface area contributed by atoms with Crippen LogP contribution in [0.2, 0.25) is 20.1 Å². The third-order valence-electron chi connectivity index (χ3n) is 5.43. The number of nitrogens with one attached hydrogen (secondary N) is 2. The van der Waals surface area contributed by atoms with Crippen molar-refractivity contribution in [2.75, 3.05) is 6.61 Å². The number of nitrogens with zero attached hydrogens (tertiary/aromatic N) is 1. The number of halogens is 4. The molecule has 0 radical (unpaired) electrons. The Hall–Kier alpha value is -2.00. The Morgan fingerprint density at radius 1 is 1.00 bits per heavy atom. The van der Waals surface area contributed by atoms with Crippen LogP contribution in [-0.2, 0) is 10.0 Å². The number of hydrogen-bond acceptors (Lipinski definition) is 5. The minimum absolute atomic E-state index is 0.0432. The molecule has 3 aromatic rings. The molecule has 2 atom stereocenters. The van der Waals surface area contributed by atoms with Gasteiger partial charge in [-0.1, -0.05) is 64.6 Å². The smallest absolute Gasteiger partial charge is 0.243 e. The predicted octanol–water partition coefficient (Wildman–Crippen LogP) is 6.81. The maximum atomic E-state index is 13.4. The van der Waals surface area contributed by atoms with E-state index in [9.17, 15) is 8.42 Å². The van der Waals surface area contributed by atoms with Crippen molar-refractivity contribution in [3.63, 3.8) is 0 Å². The number of hydrazone groups is 1. The van der Waals surface area contributed by atoms with E-state index in [1.54, 1.807) is 18.2 Å². The van der Waals surface area contributed by atoms with Gasteiger partial charge in [-0.15, -0.1) is 0 Å². The minimum Gasteiger partial charge on any atom is -0.494 e. The summed E-state index contributed by atoms with van der Waals surface area (Å²) in [6.45, 7) is 2.50. The van der Waals surface area contributed by atoms with Crippen molar-refractivity contribution < 1.29 is 13.2 Å². The fraction of sp³-hybridized carbons (Fsp3) is 0.208. The number of benzene rings is 3. The van der Waals surface area contributed by atoms with Gasteiger partial charge in [-0.2, -0.15) is 9.82 Å². The van der Waals surface area contributed by atoms with Gasteiger partial charge in [0.15, 0.2) is 0 Å². The molecule has 2 unspecified atom stereocenters. The molecule has 35 heavy (non-hydrogen) atoms. The van der Waals surface area contributed by atoms with Crippen LogP contribution in [0.5, 0.6) is 5.75 Å². The number of hydrogen-bond donors (Lipinski definition) is 2. The highest BCUT2D eigenvalue weighted by molar-refractivity contribution is 7.89. The molecule has 184 valence electrons. The third kappa shape index (κ3) is 6.05. The molecule has 0 spiro atoms. The summed E-state index contributed by atoms with van der Waals surface area (Å²) in [6, 6.07) is 15.7. The molecule has 4 rings (SSSR count). The van der Waals surface area contributed by atoms with E-state index < -0.39 is 16.1 Å². The molecule has 0 amide bonds. The van der Waals surface area contributed by atoms with E-state index in [2.05, 4.69) is 15.2 Å². The number of rotatable bonds is 8. The minimum atomic E-state index is -4.10. The van der Waals surface area contributed by atoms with E-state index in [0.717, 1.165) is 11.3 Å². The molecule has 0 fully saturated rings. The SMILES string of the molecule is CCOc1ccc(C2CC(C(NS(=O)(=O)c3cc(Cl)ccc3Cl)c3ccc(Cl)cc3Cl)=NN2)cc1. The van der Waals surface area contributed by atoms with Gasteiger partial charge in [0, 0.05) is 21.5 Å². The van der Waals surface area contributed by atoms with Crippen molar-refractivity contribution in [2.24, 2.45) is 5.10 Å². The summed E-state index contributed by atoms with van der Waals surface area (Å²) in [5, 5.41) is 5.48. The van der Waals surface area contributed by atoms with Crippen LogP contribution in [-0.4, -0.2) is 20.7 Å². The topological polar surface area (TPSA) is 79.8 Å². The van der Waals surface area contributed by atoms with Crippen molar-refractivity contribution >= 4 is 62.1 Å². The van der Waals surface area contributed by atoms with Gasteiger partial charge in [0.25, 0.3) is 0 Å². The Balaban J connectivity index is 1.66. The molecule has 0 aromatic heterocycles. The van der Waals surface area contributed by atoms with Gasteiger partial charge in [-0.05, 0) is 60.5 Å². The normalized spacial score (nSPS) is 16.5. The van der Waals surface area contributed by atoms with E-state index in [1.807, 2.05) is 31.2 Å². The van der Waals surface area contributed by atoms with Crippen LogP contribution in [0, 0.1) is 0 Å².